The third kappa shape index (κ3) is 3.98. The minimum absolute atomic E-state index is 0.0168. The van der Waals surface area contributed by atoms with E-state index in [1.54, 1.807) is 6.07 Å². The van der Waals surface area contributed by atoms with Crippen LogP contribution in [-0.2, 0) is 12.8 Å². The van der Waals surface area contributed by atoms with Gasteiger partial charge < -0.3 is 9.84 Å². The van der Waals surface area contributed by atoms with Gasteiger partial charge in [0.1, 0.15) is 30.1 Å². The predicted molar refractivity (Wildman–Crippen MR) is 106 cm³/mol. The molecule has 2 aromatic carbocycles. The fraction of sp³-hybridized carbons (Fsp3) is 0.136. The van der Waals surface area contributed by atoms with Crippen molar-refractivity contribution < 1.29 is 32.2 Å². The Kier molecular flexibility index (Phi) is 5.29. The zero-order valence-electron chi connectivity index (χ0n) is 16.5. The van der Waals surface area contributed by atoms with Gasteiger partial charge in [0.25, 0.3) is 0 Å². The number of hydrogen-bond acceptors (Lipinski definition) is 4. The lowest BCUT2D eigenvalue weighted by molar-refractivity contribution is -0.139. The van der Waals surface area contributed by atoms with Gasteiger partial charge in [-0.2, -0.15) is 18.3 Å². The highest BCUT2D eigenvalue weighted by molar-refractivity contribution is 5.98. The second-order valence-corrected chi connectivity index (χ2v) is 7.04. The molecule has 164 valence electrons. The highest BCUT2D eigenvalue weighted by atomic mass is 19.4. The van der Waals surface area contributed by atoms with Gasteiger partial charge in [-0.1, -0.05) is 29.8 Å². The molecule has 0 radical (unpaired) electrons. The van der Waals surface area contributed by atoms with Crippen LogP contribution in [0, 0.1) is 12.7 Å². The van der Waals surface area contributed by atoms with Crippen LogP contribution in [0.1, 0.15) is 27.0 Å². The van der Waals surface area contributed by atoms with Crippen LogP contribution in [0.15, 0.2) is 54.9 Å². The Morgan fingerprint density at radius 2 is 1.94 bits per heavy atom. The van der Waals surface area contributed by atoms with Crippen LogP contribution in [0.25, 0.3) is 16.9 Å². The summed E-state index contributed by atoms with van der Waals surface area (Å²) in [4.78, 5) is 15.9. The fourth-order valence-corrected chi connectivity index (χ4v) is 3.34. The van der Waals surface area contributed by atoms with E-state index in [0.717, 1.165) is 28.0 Å². The van der Waals surface area contributed by atoms with Gasteiger partial charge in [0.05, 0.1) is 11.3 Å². The van der Waals surface area contributed by atoms with E-state index in [-0.39, 0.29) is 34.8 Å². The standard InChI is InChI=1S/C22H15F4N3O3/c1-12-3-2-4-13(7-12)10-32-18-9-17(29-20(27-11-28-29)19(18)21(30)31)14-5-6-16(23)15(8-14)22(24,25)26/h2-9,11H,10H2,1H3,(H,30,31). The predicted octanol–water partition coefficient (Wildman–Crippen LogP) is 5.14. The van der Waals surface area contributed by atoms with Gasteiger partial charge in [0.15, 0.2) is 5.65 Å². The van der Waals surface area contributed by atoms with E-state index in [9.17, 15) is 27.5 Å². The molecular formula is C22H15F4N3O3. The Hall–Kier alpha value is -3.95. The lowest BCUT2D eigenvalue weighted by atomic mass is 10.0. The molecule has 0 saturated carbocycles. The number of ether oxygens (including phenoxy) is 1. The molecule has 6 nitrogen and oxygen atoms in total. The van der Waals surface area contributed by atoms with Gasteiger partial charge in [-0.25, -0.2) is 18.7 Å². The van der Waals surface area contributed by atoms with Gasteiger partial charge in [-0.3, -0.25) is 0 Å². The average Bonchev–Trinajstić information content (AvgIpc) is 3.20. The summed E-state index contributed by atoms with van der Waals surface area (Å²) in [6.45, 7) is 1.90. The molecule has 4 rings (SSSR count). The number of aromatic nitrogens is 3. The van der Waals surface area contributed by atoms with Gasteiger partial charge in [-0.05, 0) is 30.7 Å². The van der Waals surface area contributed by atoms with Crippen molar-refractivity contribution in [1.29, 1.82) is 0 Å². The monoisotopic (exact) mass is 445 g/mol. The number of carboxylic acids is 1. The lowest BCUT2D eigenvalue weighted by Gasteiger charge is -2.15. The molecule has 0 aliphatic rings. The first-order valence-corrected chi connectivity index (χ1v) is 9.30. The summed E-state index contributed by atoms with van der Waals surface area (Å²) >= 11 is 0. The number of nitrogens with zero attached hydrogens (tertiary/aromatic N) is 3. The molecule has 0 saturated heterocycles. The van der Waals surface area contributed by atoms with E-state index in [1.807, 2.05) is 25.1 Å². The first kappa shape index (κ1) is 21.3. The van der Waals surface area contributed by atoms with Crippen LogP contribution in [-0.4, -0.2) is 25.7 Å². The summed E-state index contributed by atoms with van der Waals surface area (Å²) in [7, 11) is 0. The highest BCUT2D eigenvalue weighted by Crippen LogP contribution is 2.36. The normalized spacial score (nSPS) is 11.7. The third-order valence-electron chi connectivity index (χ3n) is 4.77. The van der Waals surface area contributed by atoms with E-state index in [1.165, 1.54) is 6.07 Å². The average molecular weight is 445 g/mol. The Bertz CT molecular complexity index is 1330. The van der Waals surface area contributed by atoms with E-state index in [2.05, 4.69) is 10.1 Å². The van der Waals surface area contributed by atoms with Crippen molar-refractivity contribution in [1.82, 2.24) is 14.6 Å². The quantitative estimate of drug-likeness (QED) is 0.431. The SMILES string of the molecule is Cc1cccc(COc2cc(-c3ccc(F)c(C(F)(F)F)c3)n3ncnc3c2C(=O)O)c1. The highest BCUT2D eigenvalue weighted by Gasteiger charge is 2.34. The molecule has 0 aliphatic heterocycles. The van der Waals surface area contributed by atoms with Crippen molar-refractivity contribution in [3.05, 3.63) is 82.9 Å². The van der Waals surface area contributed by atoms with Crippen molar-refractivity contribution in [2.24, 2.45) is 0 Å². The van der Waals surface area contributed by atoms with Crippen LogP contribution < -0.4 is 4.74 Å². The largest absolute Gasteiger partial charge is 0.488 e. The molecule has 32 heavy (non-hydrogen) atoms. The minimum atomic E-state index is -4.91. The molecule has 10 heteroatoms. The van der Waals surface area contributed by atoms with E-state index < -0.39 is 23.5 Å². The van der Waals surface area contributed by atoms with Gasteiger partial charge >= 0.3 is 12.1 Å². The summed E-state index contributed by atoms with van der Waals surface area (Å²) in [6.07, 6.45) is -3.84. The second kappa shape index (κ2) is 7.95. The van der Waals surface area contributed by atoms with Gasteiger partial charge in [0.2, 0.25) is 0 Å². The van der Waals surface area contributed by atoms with Crippen LogP contribution in [0.4, 0.5) is 17.6 Å². The number of carbonyl (C=O) groups is 1. The Morgan fingerprint density at radius 3 is 2.62 bits per heavy atom. The number of alkyl halides is 3. The summed E-state index contributed by atoms with van der Waals surface area (Å²) in [5.74, 6) is -2.87. The van der Waals surface area contributed by atoms with Crippen LogP contribution in [0.2, 0.25) is 0 Å². The molecule has 0 bridgehead atoms. The molecule has 0 amide bonds. The number of aromatic carboxylic acids is 1. The molecule has 0 aliphatic carbocycles. The molecular weight excluding hydrogens is 430 g/mol. The van der Waals surface area contributed by atoms with Crippen molar-refractivity contribution in [3.63, 3.8) is 0 Å². The number of aryl methyl sites for hydroxylation is 1. The van der Waals surface area contributed by atoms with Crippen LogP contribution in [0.3, 0.4) is 0 Å². The van der Waals surface area contributed by atoms with Crippen molar-refractivity contribution in [2.45, 2.75) is 19.7 Å². The number of pyridine rings is 1. The first-order chi connectivity index (χ1) is 15.1. The zero-order valence-corrected chi connectivity index (χ0v) is 16.5. The molecule has 0 spiro atoms. The Morgan fingerprint density at radius 1 is 1.16 bits per heavy atom. The Balaban J connectivity index is 1.86. The molecule has 0 unspecified atom stereocenters. The van der Waals surface area contributed by atoms with E-state index in [4.69, 9.17) is 4.74 Å². The molecule has 2 heterocycles. The Labute approximate surface area is 178 Å². The maximum Gasteiger partial charge on any atom is 0.419 e. The topological polar surface area (TPSA) is 76.7 Å². The van der Waals surface area contributed by atoms with Gasteiger partial charge in [0, 0.05) is 11.6 Å². The lowest BCUT2D eigenvalue weighted by Crippen LogP contribution is -2.10. The number of fused-ring (bicyclic) bond motifs is 1. The molecule has 0 atom stereocenters. The first-order valence-electron chi connectivity index (χ1n) is 9.30. The number of halogens is 4. The summed E-state index contributed by atoms with van der Waals surface area (Å²) in [6, 6.07) is 11.1. The van der Waals surface area contributed by atoms with E-state index in [0.29, 0.717) is 12.1 Å². The smallest absolute Gasteiger partial charge is 0.419 e. The third-order valence-corrected chi connectivity index (χ3v) is 4.77. The van der Waals surface area contributed by atoms with Crippen molar-refractivity contribution in [3.8, 4) is 17.0 Å². The molecule has 1 N–H and O–H groups in total. The maximum atomic E-state index is 13.8. The van der Waals surface area contributed by atoms with Crippen LogP contribution in [0.5, 0.6) is 5.75 Å². The molecule has 0 fully saturated rings. The second-order valence-electron chi connectivity index (χ2n) is 7.04. The number of carboxylic acid groups (broad SMARTS) is 1. The summed E-state index contributed by atoms with van der Waals surface area (Å²) < 4.78 is 60.2. The van der Waals surface area contributed by atoms with Crippen molar-refractivity contribution in [2.75, 3.05) is 0 Å². The zero-order chi connectivity index (χ0) is 23.0. The minimum Gasteiger partial charge on any atom is -0.488 e. The maximum absolute atomic E-state index is 13.8. The van der Waals surface area contributed by atoms with Crippen LogP contribution >= 0.6 is 0 Å². The fourth-order valence-electron chi connectivity index (χ4n) is 3.34. The van der Waals surface area contributed by atoms with E-state index >= 15 is 0 Å². The van der Waals surface area contributed by atoms with Gasteiger partial charge in [-0.15, -0.1) is 0 Å². The summed E-state index contributed by atoms with van der Waals surface area (Å²) in [5.41, 5.74) is -0.0923. The van der Waals surface area contributed by atoms with Crippen molar-refractivity contribution >= 4 is 11.6 Å². The summed E-state index contributed by atoms with van der Waals surface area (Å²) in [5, 5.41) is 13.6. The number of benzene rings is 2. The number of rotatable bonds is 5. The number of hydrogen-bond donors (Lipinski definition) is 1. The molecule has 4 aromatic rings. The molecule has 2 aromatic heterocycles.